The first-order chi connectivity index (χ1) is 6.89. The Morgan fingerprint density at radius 2 is 2.07 bits per heavy atom. The molecule has 0 saturated carbocycles. The van der Waals surface area contributed by atoms with E-state index in [0.29, 0.717) is 13.0 Å². The highest BCUT2D eigenvalue weighted by Crippen LogP contribution is 2.06. The molecule has 0 rings (SSSR count). The van der Waals surface area contributed by atoms with Crippen LogP contribution >= 0.6 is 0 Å². The molecule has 5 heteroatoms. The van der Waals surface area contributed by atoms with Crippen molar-refractivity contribution in [1.29, 1.82) is 0 Å². The van der Waals surface area contributed by atoms with Gasteiger partial charge in [0.2, 0.25) is 6.41 Å². The van der Waals surface area contributed by atoms with Crippen LogP contribution in [-0.4, -0.2) is 30.7 Å². The Bertz CT molecular complexity index is 211. The summed E-state index contributed by atoms with van der Waals surface area (Å²) >= 11 is 0. The van der Waals surface area contributed by atoms with Gasteiger partial charge in [0, 0.05) is 12.6 Å². The zero-order chi connectivity index (χ0) is 11.9. The van der Waals surface area contributed by atoms with E-state index < -0.39 is 11.7 Å². The second-order valence-electron chi connectivity index (χ2n) is 4.28. The number of ether oxygens (including phenoxy) is 1. The van der Waals surface area contributed by atoms with Crippen molar-refractivity contribution in [3.8, 4) is 0 Å². The fraction of sp³-hybridized carbons (Fsp3) is 0.800. The Kier molecular flexibility index (Phi) is 5.74. The second-order valence-corrected chi connectivity index (χ2v) is 4.28. The largest absolute Gasteiger partial charge is 0.444 e. The number of carbonyl (C=O) groups is 2. The molecule has 0 aromatic carbocycles. The Labute approximate surface area is 90.6 Å². The average molecular weight is 216 g/mol. The average Bonchev–Trinajstić information content (AvgIpc) is 2.09. The maximum absolute atomic E-state index is 11.3. The van der Waals surface area contributed by atoms with Crippen LogP contribution in [0, 0.1) is 0 Å². The minimum Gasteiger partial charge on any atom is -0.444 e. The molecule has 0 aromatic heterocycles. The lowest BCUT2D eigenvalue weighted by atomic mass is 10.2. The number of rotatable bonds is 5. The first-order valence-electron chi connectivity index (χ1n) is 5.05. The minimum absolute atomic E-state index is 0.0925. The molecular weight excluding hydrogens is 196 g/mol. The van der Waals surface area contributed by atoms with E-state index in [0.717, 1.165) is 6.42 Å². The number of alkyl carbamates (subject to hydrolysis) is 1. The van der Waals surface area contributed by atoms with Crippen molar-refractivity contribution < 1.29 is 14.3 Å². The van der Waals surface area contributed by atoms with Crippen LogP contribution < -0.4 is 10.6 Å². The van der Waals surface area contributed by atoms with Gasteiger partial charge < -0.3 is 15.4 Å². The van der Waals surface area contributed by atoms with Gasteiger partial charge in [-0.3, -0.25) is 4.79 Å². The van der Waals surface area contributed by atoms with Crippen molar-refractivity contribution in [2.24, 2.45) is 0 Å². The summed E-state index contributed by atoms with van der Waals surface area (Å²) in [7, 11) is 0. The molecule has 0 radical (unpaired) electrons. The number of hydrogen-bond acceptors (Lipinski definition) is 3. The van der Waals surface area contributed by atoms with E-state index >= 15 is 0 Å². The van der Waals surface area contributed by atoms with Crippen molar-refractivity contribution in [1.82, 2.24) is 10.6 Å². The van der Waals surface area contributed by atoms with E-state index in [4.69, 9.17) is 4.74 Å². The van der Waals surface area contributed by atoms with Crippen LogP contribution in [0.1, 0.15) is 34.1 Å². The van der Waals surface area contributed by atoms with Crippen LogP contribution in [0.4, 0.5) is 4.79 Å². The second kappa shape index (κ2) is 6.27. The molecule has 0 aromatic rings. The number of hydrogen-bond donors (Lipinski definition) is 2. The van der Waals surface area contributed by atoms with Gasteiger partial charge in [-0.25, -0.2) is 4.79 Å². The molecule has 0 aliphatic carbocycles. The molecule has 0 heterocycles. The van der Waals surface area contributed by atoms with Crippen LogP contribution in [0.5, 0.6) is 0 Å². The molecule has 88 valence electrons. The lowest BCUT2D eigenvalue weighted by molar-refractivity contribution is -0.109. The van der Waals surface area contributed by atoms with E-state index in [1.807, 2.05) is 6.92 Å². The third kappa shape index (κ3) is 7.78. The van der Waals surface area contributed by atoms with Crippen molar-refractivity contribution in [3.63, 3.8) is 0 Å². The maximum Gasteiger partial charge on any atom is 0.407 e. The van der Waals surface area contributed by atoms with Gasteiger partial charge in [0.15, 0.2) is 0 Å². The van der Waals surface area contributed by atoms with Crippen LogP contribution in [0.3, 0.4) is 0 Å². The third-order valence-electron chi connectivity index (χ3n) is 1.66. The normalized spacial score (nSPS) is 12.8. The Morgan fingerprint density at radius 3 is 2.47 bits per heavy atom. The fourth-order valence-electron chi connectivity index (χ4n) is 0.962. The van der Waals surface area contributed by atoms with Gasteiger partial charge in [0.25, 0.3) is 0 Å². The summed E-state index contributed by atoms with van der Waals surface area (Å²) in [5.74, 6) is 0. The summed E-state index contributed by atoms with van der Waals surface area (Å²) in [6.45, 7) is 7.75. The summed E-state index contributed by atoms with van der Waals surface area (Å²) in [6.07, 6.45) is 0.890. The highest BCUT2D eigenvalue weighted by molar-refractivity contribution is 5.68. The van der Waals surface area contributed by atoms with E-state index in [1.54, 1.807) is 20.8 Å². The van der Waals surface area contributed by atoms with Gasteiger partial charge in [-0.05, 0) is 27.2 Å². The molecule has 0 unspecified atom stereocenters. The van der Waals surface area contributed by atoms with Crippen LogP contribution in [0.2, 0.25) is 0 Å². The summed E-state index contributed by atoms with van der Waals surface area (Å²) < 4.78 is 5.08. The van der Waals surface area contributed by atoms with Crippen molar-refractivity contribution in [2.75, 3.05) is 6.54 Å². The van der Waals surface area contributed by atoms with Gasteiger partial charge in [-0.1, -0.05) is 6.92 Å². The van der Waals surface area contributed by atoms with E-state index in [9.17, 15) is 9.59 Å². The topological polar surface area (TPSA) is 67.4 Å². The molecule has 0 spiro atoms. The SMILES string of the molecule is CC[C@H](CNC=O)NC(=O)OC(C)(C)C. The van der Waals surface area contributed by atoms with Gasteiger partial charge >= 0.3 is 6.09 Å². The maximum atomic E-state index is 11.3. The molecule has 2 N–H and O–H groups in total. The molecule has 0 aliphatic heterocycles. The summed E-state index contributed by atoms with van der Waals surface area (Å²) in [6, 6.07) is -0.0925. The molecule has 15 heavy (non-hydrogen) atoms. The Balaban J connectivity index is 3.95. The number of nitrogens with one attached hydrogen (secondary N) is 2. The monoisotopic (exact) mass is 216 g/mol. The smallest absolute Gasteiger partial charge is 0.407 e. The summed E-state index contributed by atoms with van der Waals surface area (Å²) in [5.41, 5.74) is -0.500. The van der Waals surface area contributed by atoms with Gasteiger partial charge in [-0.15, -0.1) is 0 Å². The molecule has 0 saturated heterocycles. The standard InChI is InChI=1S/C10H20N2O3/c1-5-8(6-11-7-13)12-9(14)15-10(2,3)4/h7-8H,5-6H2,1-4H3,(H,11,13)(H,12,14)/t8-/m1/s1. The van der Waals surface area contributed by atoms with Crippen LogP contribution in [0.15, 0.2) is 0 Å². The quantitative estimate of drug-likeness (QED) is 0.675. The molecule has 1 atom stereocenters. The highest BCUT2D eigenvalue weighted by atomic mass is 16.6. The first kappa shape index (κ1) is 13.7. The summed E-state index contributed by atoms with van der Waals surface area (Å²) in [4.78, 5) is 21.4. The molecular formula is C10H20N2O3. The van der Waals surface area contributed by atoms with Gasteiger partial charge in [0.05, 0.1) is 0 Å². The Hall–Kier alpha value is -1.26. The van der Waals surface area contributed by atoms with Gasteiger partial charge in [0.1, 0.15) is 5.60 Å². The molecule has 0 bridgehead atoms. The van der Waals surface area contributed by atoms with Crippen molar-refractivity contribution in [3.05, 3.63) is 0 Å². The lowest BCUT2D eigenvalue weighted by Crippen LogP contribution is -2.43. The minimum atomic E-state index is -0.500. The lowest BCUT2D eigenvalue weighted by Gasteiger charge is -2.22. The highest BCUT2D eigenvalue weighted by Gasteiger charge is 2.18. The van der Waals surface area contributed by atoms with Crippen molar-refractivity contribution >= 4 is 12.5 Å². The molecule has 0 aliphatic rings. The van der Waals surface area contributed by atoms with Crippen molar-refractivity contribution in [2.45, 2.75) is 45.8 Å². The fourth-order valence-corrected chi connectivity index (χ4v) is 0.962. The van der Waals surface area contributed by atoms with Gasteiger partial charge in [-0.2, -0.15) is 0 Å². The third-order valence-corrected chi connectivity index (χ3v) is 1.66. The molecule has 0 fully saturated rings. The zero-order valence-electron chi connectivity index (χ0n) is 9.79. The number of carbonyl (C=O) groups excluding carboxylic acids is 2. The zero-order valence-corrected chi connectivity index (χ0v) is 9.79. The Morgan fingerprint density at radius 1 is 1.47 bits per heavy atom. The molecule has 2 amide bonds. The van der Waals surface area contributed by atoms with Crippen LogP contribution in [-0.2, 0) is 9.53 Å². The van der Waals surface area contributed by atoms with E-state index in [1.165, 1.54) is 0 Å². The summed E-state index contributed by atoms with van der Waals surface area (Å²) in [5, 5.41) is 5.19. The van der Waals surface area contributed by atoms with E-state index in [2.05, 4.69) is 10.6 Å². The number of amides is 2. The predicted octanol–water partition coefficient (Wildman–Crippen LogP) is 1.04. The first-order valence-corrected chi connectivity index (χ1v) is 5.05. The molecule has 5 nitrogen and oxygen atoms in total. The van der Waals surface area contributed by atoms with E-state index in [-0.39, 0.29) is 6.04 Å². The van der Waals surface area contributed by atoms with Crippen LogP contribution in [0.25, 0.3) is 0 Å². The predicted molar refractivity (Wildman–Crippen MR) is 57.5 cm³/mol.